The van der Waals surface area contributed by atoms with Gasteiger partial charge >= 0.3 is 5.97 Å². The predicted molar refractivity (Wildman–Crippen MR) is 85.7 cm³/mol. The number of carbonyl (C=O) groups is 1. The largest absolute Gasteiger partial charge is 0.480 e. The molecule has 0 aliphatic carbocycles. The van der Waals surface area contributed by atoms with Gasteiger partial charge in [0.1, 0.15) is 6.04 Å². The van der Waals surface area contributed by atoms with Gasteiger partial charge in [0.25, 0.3) is 0 Å². The highest BCUT2D eigenvalue weighted by molar-refractivity contribution is 5.76. The Morgan fingerprint density at radius 3 is 2.14 bits per heavy atom. The lowest BCUT2D eigenvalue weighted by atomic mass is 9.89. The number of anilines is 1. The van der Waals surface area contributed by atoms with Crippen LogP contribution in [0.15, 0.2) is 24.3 Å². The molecule has 2 rings (SSSR count). The number of hydrogen-bond acceptors (Lipinski definition) is 3. The van der Waals surface area contributed by atoms with Crippen LogP contribution in [0.1, 0.15) is 31.9 Å². The molecule has 0 radical (unpaired) electrons. The number of carboxylic acid groups (broad SMARTS) is 1. The first-order valence-corrected chi connectivity index (χ1v) is 7.62. The highest BCUT2D eigenvalue weighted by Crippen LogP contribution is 2.30. The zero-order valence-electron chi connectivity index (χ0n) is 13.4. The molecule has 1 aliphatic rings. The van der Waals surface area contributed by atoms with E-state index < -0.39 is 12.0 Å². The Balaban J connectivity index is 2.24. The van der Waals surface area contributed by atoms with Crippen molar-refractivity contribution in [2.75, 3.05) is 32.1 Å². The number of likely N-dealkylation sites (tertiary alicyclic amines) is 1. The van der Waals surface area contributed by atoms with E-state index in [0.29, 0.717) is 11.8 Å². The molecule has 1 heterocycles. The molecule has 1 saturated heterocycles. The van der Waals surface area contributed by atoms with Gasteiger partial charge in [-0.15, -0.1) is 0 Å². The second-order valence-electron chi connectivity index (χ2n) is 6.63. The fourth-order valence-corrected chi connectivity index (χ4v) is 3.39. The predicted octanol–water partition coefficient (Wildman–Crippen LogP) is 2.86. The maximum atomic E-state index is 11.8. The average molecular weight is 290 g/mol. The van der Waals surface area contributed by atoms with Crippen molar-refractivity contribution in [3.05, 3.63) is 29.8 Å². The van der Waals surface area contributed by atoms with Crippen LogP contribution in [0, 0.1) is 11.8 Å². The molecule has 0 bridgehead atoms. The summed E-state index contributed by atoms with van der Waals surface area (Å²) in [6.07, 6.45) is 1.18. The molecule has 116 valence electrons. The van der Waals surface area contributed by atoms with Crippen molar-refractivity contribution in [2.24, 2.45) is 11.8 Å². The molecule has 0 spiro atoms. The van der Waals surface area contributed by atoms with E-state index in [1.807, 2.05) is 43.3 Å². The van der Waals surface area contributed by atoms with E-state index in [1.165, 1.54) is 6.42 Å². The molecule has 4 heteroatoms. The summed E-state index contributed by atoms with van der Waals surface area (Å²) in [7, 11) is 3.97. The number of rotatable bonds is 4. The third kappa shape index (κ3) is 3.76. The Labute approximate surface area is 127 Å². The molecule has 1 N–H and O–H groups in total. The Bertz CT molecular complexity index is 474. The fraction of sp³-hybridized carbons (Fsp3) is 0.588. The highest BCUT2D eigenvalue weighted by atomic mass is 16.4. The van der Waals surface area contributed by atoms with Crippen LogP contribution < -0.4 is 4.90 Å². The molecule has 1 aromatic carbocycles. The molecule has 21 heavy (non-hydrogen) atoms. The van der Waals surface area contributed by atoms with Gasteiger partial charge in [0.15, 0.2) is 0 Å². The van der Waals surface area contributed by atoms with Crippen molar-refractivity contribution < 1.29 is 9.90 Å². The molecule has 0 saturated carbocycles. The van der Waals surface area contributed by atoms with Crippen LogP contribution in [-0.4, -0.2) is 43.2 Å². The maximum absolute atomic E-state index is 11.8. The van der Waals surface area contributed by atoms with E-state index in [0.717, 1.165) is 24.3 Å². The number of benzene rings is 1. The Hall–Kier alpha value is -1.55. The summed E-state index contributed by atoms with van der Waals surface area (Å²) in [5.74, 6) is 0.349. The topological polar surface area (TPSA) is 43.8 Å². The van der Waals surface area contributed by atoms with Crippen molar-refractivity contribution in [2.45, 2.75) is 26.3 Å². The highest BCUT2D eigenvalue weighted by Gasteiger charge is 2.32. The number of aliphatic carboxylic acids is 1. The number of nitrogens with zero attached hydrogens (tertiary/aromatic N) is 2. The van der Waals surface area contributed by atoms with Gasteiger partial charge in [0.05, 0.1) is 0 Å². The SMILES string of the molecule is CC1CC(C)CN(C(C(=O)O)c2ccc(N(C)C)cc2)C1. The van der Waals surface area contributed by atoms with Gasteiger partial charge in [-0.3, -0.25) is 9.69 Å². The van der Waals surface area contributed by atoms with Gasteiger partial charge in [0, 0.05) is 32.9 Å². The molecular weight excluding hydrogens is 264 g/mol. The first-order valence-electron chi connectivity index (χ1n) is 7.62. The van der Waals surface area contributed by atoms with E-state index in [-0.39, 0.29) is 0 Å². The van der Waals surface area contributed by atoms with Crippen molar-refractivity contribution >= 4 is 11.7 Å². The van der Waals surface area contributed by atoms with Gasteiger partial charge in [-0.1, -0.05) is 26.0 Å². The monoisotopic (exact) mass is 290 g/mol. The quantitative estimate of drug-likeness (QED) is 0.926. The Morgan fingerprint density at radius 2 is 1.71 bits per heavy atom. The minimum absolute atomic E-state index is 0.536. The molecule has 4 nitrogen and oxygen atoms in total. The fourth-order valence-electron chi connectivity index (χ4n) is 3.39. The summed E-state index contributed by atoms with van der Waals surface area (Å²) in [5.41, 5.74) is 1.96. The van der Waals surface area contributed by atoms with E-state index in [9.17, 15) is 9.90 Å². The van der Waals surface area contributed by atoms with Gasteiger partial charge in [-0.2, -0.15) is 0 Å². The third-order valence-electron chi connectivity index (χ3n) is 4.22. The van der Waals surface area contributed by atoms with Crippen molar-refractivity contribution in [3.63, 3.8) is 0 Å². The molecule has 0 aromatic heterocycles. The lowest BCUT2D eigenvalue weighted by Crippen LogP contribution is -2.43. The number of piperidine rings is 1. The van der Waals surface area contributed by atoms with E-state index in [4.69, 9.17) is 0 Å². The van der Waals surface area contributed by atoms with Gasteiger partial charge in [0.2, 0.25) is 0 Å². The second kappa shape index (κ2) is 6.48. The van der Waals surface area contributed by atoms with Gasteiger partial charge < -0.3 is 10.0 Å². The van der Waals surface area contributed by atoms with E-state index in [1.54, 1.807) is 0 Å². The molecular formula is C17H26N2O2. The summed E-state index contributed by atoms with van der Waals surface area (Å²) in [6.45, 7) is 6.13. The summed E-state index contributed by atoms with van der Waals surface area (Å²) < 4.78 is 0. The smallest absolute Gasteiger partial charge is 0.325 e. The van der Waals surface area contributed by atoms with Crippen molar-refractivity contribution in [1.82, 2.24) is 4.90 Å². The molecule has 3 atom stereocenters. The van der Waals surface area contributed by atoms with Crippen LogP contribution in [0.2, 0.25) is 0 Å². The average Bonchev–Trinajstić information content (AvgIpc) is 2.37. The first kappa shape index (κ1) is 15.8. The zero-order valence-corrected chi connectivity index (χ0v) is 13.4. The molecule has 1 fully saturated rings. The minimum atomic E-state index is -0.756. The maximum Gasteiger partial charge on any atom is 0.325 e. The van der Waals surface area contributed by atoms with Crippen LogP contribution >= 0.6 is 0 Å². The second-order valence-corrected chi connectivity index (χ2v) is 6.63. The molecule has 3 unspecified atom stereocenters. The van der Waals surface area contributed by atoms with E-state index in [2.05, 4.69) is 18.7 Å². The summed E-state index contributed by atoms with van der Waals surface area (Å²) in [5, 5.41) is 9.68. The lowest BCUT2D eigenvalue weighted by molar-refractivity contribution is -0.144. The summed E-state index contributed by atoms with van der Waals surface area (Å²) in [6, 6.07) is 7.33. The first-order chi connectivity index (χ1) is 9.88. The molecule has 1 aliphatic heterocycles. The normalized spacial score (nSPS) is 24.6. The van der Waals surface area contributed by atoms with Crippen LogP contribution in [0.3, 0.4) is 0 Å². The van der Waals surface area contributed by atoms with Crippen molar-refractivity contribution in [3.8, 4) is 0 Å². The van der Waals surface area contributed by atoms with Crippen LogP contribution in [0.25, 0.3) is 0 Å². The van der Waals surface area contributed by atoms with Crippen LogP contribution in [0.4, 0.5) is 5.69 Å². The summed E-state index contributed by atoms with van der Waals surface area (Å²) in [4.78, 5) is 15.9. The standard InChI is InChI=1S/C17H26N2O2/c1-12-9-13(2)11-19(10-12)16(17(20)21)14-5-7-15(8-6-14)18(3)4/h5-8,12-13,16H,9-11H2,1-4H3,(H,20,21). The van der Waals surface area contributed by atoms with E-state index >= 15 is 0 Å². The third-order valence-corrected chi connectivity index (χ3v) is 4.22. The van der Waals surface area contributed by atoms with Gasteiger partial charge in [-0.05, 0) is 36.0 Å². The van der Waals surface area contributed by atoms with Crippen molar-refractivity contribution in [1.29, 1.82) is 0 Å². The number of carboxylic acids is 1. The Kier molecular flexibility index (Phi) is 4.88. The number of hydrogen-bond donors (Lipinski definition) is 1. The zero-order chi connectivity index (χ0) is 15.6. The molecule has 0 amide bonds. The lowest BCUT2D eigenvalue weighted by Gasteiger charge is -2.38. The van der Waals surface area contributed by atoms with Crippen LogP contribution in [0.5, 0.6) is 0 Å². The van der Waals surface area contributed by atoms with Crippen LogP contribution in [-0.2, 0) is 4.79 Å². The minimum Gasteiger partial charge on any atom is -0.480 e. The molecule has 1 aromatic rings. The summed E-state index contributed by atoms with van der Waals surface area (Å²) >= 11 is 0. The Morgan fingerprint density at radius 1 is 1.19 bits per heavy atom. The van der Waals surface area contributed by atoms with Gasteiger partial charge in [-0.25, -0.2) is 0 Å².